The summed E-state index contributed by atoms with van der Waals surface area (Å²) in [4.78, 5) is 43.5. The summed E-state index contributed by atoms with van der Waals surface area (Å²) in [5, 5.41) is 16.8. The van der Waals surface area contributed by atoms with Crippen molar-refractivity contribution in [3.05, 3.63) is 112 Å². The zero-order valence-corrected chi connectivity index (χ0v) is 24.0. The standard InChI is InChI=1S/C32H32N4O5S/c1-36(17-21-9-3-2-4-10-21)18-28(31(39)33-16-29-34-22(20-42-29)15-30(37)38)35-32(40)41-19-27-25-13-7-5-11-23(25)24-12-6-8-14-26(24)27/h2-14,20,27-28H,15-19H2,1H3,(H,33,39)(H,35,40)(H,37,38). The molecule has 216 valence electrons. The summed E-state index contributed by atoms with van der Waals surface area (Å²) in [5.74, 6) is -1.45. The Morgan fingerprint density at radius 1 is 0.976 bits per heavy atom. The number of aromatic nitrogens is 1. The van der Waals surface area contributed by atoms with E-state index >= 15 is 0 Å². The predicted molar refractivity (Wildman–Crippen MR) is 160 cm³/mol. The van der Waals surface area contributed by atoms with Crippen molar-refractivity contribution in [3.8, 4) is 11.1 Å². The van der Waals surface area contributed by atoms with Crippen molar-refractivity contribution in [1.82, 2.24) is 20.5 Å². The normalized spacial score (nSPS) is 12.8. The average molecular weight is 585 g/mol. The number of fused-ring (bicyclic) bond motifs is 3. The van der Waals surface area contributed by atoms with E-state index in [0.29, 0.717) is 17.2 Å². The topological polar surface area (TPSA) is 121 Å². The van der Waals surface area contributed by atoms with Crippen LogP contribution in [0, 0.1) is 0 Å². The van der Waals surface area contributed by atoms with Crippen molar-refractivity contribution in [1.29, 1.82) is 0 Å². The summed E-state index contributed by atoms with van der Waals surface area (Å²) in [6, 6.07) is 25.2. The largest absolute Gasteiger partial charge is 0.481 e. The fourth-order valence-electron chi connectivity index (χ4n) is 5.20. The van der Waals surface area contributed by atoms with Gasteiger partial charge in [-0.05, 0) is 34.9 Å². The van der Waals surface area contributed by atoms with Crippen LogP contribution in [-0.2, 0) is 33.8 Å². The summed E-state index contributed by atoms with van der Waals surface area (Å²) in [7, 11) is 1.88. The lowest BCUT2D eigenvalue weighted by Gasteiger charge is -2.24. The molecule has 3 aromatic carbocycles. The molecular weight excluding hydrogens is 552 g/mol. The number of rotatable bonds is 12. The van der Waals surface area contributed by atoms with Crippen molar-refractivity contribution in [3.63, 3.8) is 0 Å². The third kappa shape index (κ3) is 7.20. The van der Waals surface area contributed by atoms with E-state index < -0.39 is 24.0 Å². The zero-order valence-electron chi connectivity index (χ0n) is 23.2. The fourth-order valence-corrected chi connectivity index (χ4v) is 5.93. The third-order valence-corrected chi connectivity index (χ3v) is 7.98. The third-order valence-electron chi connectivity index (χ3n) is 7.09. The van der Waals surface area contributed by atoms with Crippen molar-refractivity contribution >= 4 is 29.3 Å². The second-order valence-electron chi connectivity index (χ2n) is 10.2. The number of amides is 2. The molecule has 5 rings (SSSR count). The SMILES string of the molecule is CN(Cc1ccccc1)CC(NC(=O)OCC1c2ccccc2-c2ccccc21)C(=O)NCc1nc(CC(=O)O)cs1. The number of carboxylic acid groups (broad SMARTS) is 1. The van der Waals surface area contributed by atoms with Crippen molar-refractivity contribution in [2.45, 2.75) is 31.5 Å². The number of carbonyl (C=O) groups excluding carboxylic acids is 2. The van der Waals surface area contributed by atoms with Crippen LogP contribution in [0.3, 0.4) is 0 Å². The van der Waals surface area contributed by atoms with Crippen LogP contribution < -0.4 is 10.6 Å². The number of benzene rings is 3. The number of ether oxygens (including phenoxy) is 1. The van der Waals surface area contributed by atoms with Crippen LogP contribution in [-0.4, -0.2) is 59.2 Å². The first-order valence-electron chi connectivity index (χ1n) is 13.6. The van der Waals surface area contributed by atoms with Crippen molar-refractivity contribution in [2.75, 3.05) is 20.2 Å². The Morgan fingerprint density at radius 3 is 2.29 bits per heavy atom. The molecule has 0 radical (unpaired) electrons. The first kappa shape index (κ1) is 29.0. The average Bonchev–Trinajstić information content (AvgIpc) is 3.56. The maximum Gasteiger partial charge on any atom is 0.407 e. The molecule has 10 heteroatoms. The molecule has 0 saturated heterocycles. The van der Waals surface area contributed by atoms with E-state index in [4.69, 9.17) is 9.84 Å². The summed E-state index contributed by atoms with van der Waals surface area (Å²) in [5.41, 5.74) is 6.00. The first-order valence-corrected chi connectivity index (χ1v) is 14.5. The highest BCUT2D eigenvalue weighted by Gasteiger charge is 2.30. The number of nitrogens with one attached hydrogen (secondary N) is 2. The van der Waals surface area contributed by atoms with Crippen LogP contribution in [0.1, 0.15) is 33.3 Å². The minimum absolute atomic E-state index is 0.0962. The van der Waals surface area contributed by atoms with Crippen molar-refractivity contribution in [2.24, 2.45) is 0 Å². The molecule has 0 spiro atoms. The van der Waals surface area contributed by atoms with E-state index in [2.05, 4.69) is 39.9 Å². The molecule has 1 atom stereocenters. The first-order chi connectivity index (χ1) is 20.4. The minimum atomic E-state index is -0.968. The van der Waals surface area contributed by atoms with E-state index in [1.165, 1.54) is 11.3 Å². The summed E-state index contributed by atoms with van der Waals surface area (Å²) in [6.45, 7) is 1.09. The highest BCUT2D eigenvalue weighted by molar-refractivity contribution is 7.09. The van der Waals surface area contributed by atoms with E-state index in [9.17, 15) is 14.4 Å². The summed E-state index contributed by atoms with van der Waals surface area (Å²) >= 11 is 1.27. The highest BCUT2D eigenvalue weighted by Crippen LogP contribution is 2.44. The predicted octanol–water partition coefficient (Wildman–Crippen LogP) is 4.43. The molecule has 0 aliphatic heterocycles. The van der Waals surface area contributed by atoms with Gasteiger partial charge in [0.05, 0.1) is 18.7 Å². The zero-order chi connectivity index (χ0) is 29.5. The number of thiazole rings is 1. The van der Waals surface area contributed by atoms with Crippen LogP contribution >= 0.6 is 11.3 Å². The van der Waals surface area contributed by atoms with E-state index in [0.717, 1.165) is 27.8 Å². The molecule has 2 amide bonds. The summed E-state index contributed by atoms with van der Waals surface area (Å²) < 4.78 is 5.71. The lowest BCUT2D eigenvalue weighted by atomic mass is 9.98. The molecule has 9 nitrogen and oxygen atoms in total. The van der Waals surface area contributed by atoms with Gasteiger partial charge in [-0.15, -0.1) is 11.3 Å². The number of aliphatic carboxylic acids is 1. The lowest BCUT2D eigenvalue weighted by molar-refractivity contribution is -0.136. The van der Waals surface area contributed by atoms with Crippen LogP contribution in [0.15, 0.2) is 84.2 Å². The number of hydrogen-bond donors (Lipinski definition) is 3. The Balaban J connectivity index is 1.24. The number of alkyl carbamates (subject to hydrolysis) is 1. The second-order valence-corrected chi connectivity index (χ2v) is 11.2. The highest BCUT2D eigenvalue weighted by atomic mass is 32.1. The lowest BCUT2D eigenvalue weighted by Crippen LogP contribution is -2.52. The van der Waals surface area contributed by atoms with Crippen LogP contribution in [0.25, 0.3) is 11.1 Å². The molecule has 1 aliphatic carbocycles. The fraction of sp³-hybridized carbons (Fsp3) is 0.250. The van der Waals surface area contributed by atoms with Gasteiger partial charge in [0.15, 0.2) is 0 Å². The minimum Gasteiger partial charge on any atom is -0.481 e. The molecule has 1 unspecified atom stereocenters. The molecule has 1 aliphatic rings. The molecule has 1 heterocycles. The molecule has 0 saturated carbocycles. The Bertz CT molecular complexity index is 1510. The van der Waals surface area contributed by atoms with Crippen molar-refractivity contribution < 1.29 is 24.2 Å². The number of nitrogens with zero attached hydrogens (tertiary/aromatic N) is 2. The Kier molecular flexibility index (Phi) is 9.25. The molecule has 42 heavy (non-hydrogen) atoms. The van der Waals surface area contributed by atoms with E-state index in [-0.39, 0.29) is 32.0 Å². The molecule has 1 aromatic heterocycles. The Labute approximate surface area is 248 Å². The van der Waals surface area contributed by atoms with Gasteiger partial charge in [-0.25, -0.2) is 9.78 Å². The van der Waals surface area contributed by atoms with Gasteiger partial charge in [-0.1, -0.05) is 78.9 Å². The Morgan fingerprint density at radius 2 is 1.62 bits per heavy atom. The Hall–Kier alpha value is -4.54. The number of carbonyl (C=O) groups is 3. The second kappa shape index (κ2) is 13.4. The van der Waals surface area contributed by atoms with E-state index in [1.807, 2.05) is 66.5 Å². The molecule has 4 aromatic rings. The number of likely N-dealkylation sites (N-methyl/N-ethyl adjacent to an activating group) is 1. The molecular formula is C32H32N4O5S. The van der Waals surface area contributed by atoms with Gasteiger partial charge in [-0.3, -0.25) is 14.5 Å². The molecule has 3 N–H and O–H groups in total. The number of carboxylic acids is 1. The van der Waals surface area contributed by atoms with E-state index in [1.54, 1.807) is 5.38 Å². The maximum absolute atomic E-state index is 13.3. The van der Waals surface area contributed by atoms with Gasteiger partial charge in [0, 0.05) is 24.4 Å². The van der Waals surface area contributed by atoms with Gasteiger partial charge in [0.25, 0.3) is 0 Å². The quantitative estimate of drug-likeness (QED) is 0.225. The molecule has 0 fully saturated rings. The number of hydrogen-bond acceptors (Lipinski definition) is 7. The van der Waals surface area contributed by atoms with Gasteiger partial charge >= 0.3 is 12.1 Å². The van der Waals surface area contributed by atoms with Gasteiger partial charge < -0.3 is 20.5 Å². The molecule has 0 bridgehead atoms. The monoisotopic (exact) mass is 584 g/mol. The van der Waals surface area contributed by atoms with Gasteiger partial charge in [0.2, 0.25) is 5.91 Å². The van der Waals surface area contributed by atoms with Crippen LogP contribution in [0.2, 0.25) is 0 Å². The van der Waals surface area contributed by atoms with Gasteiger partial charge in [0.1, 0.15) is 17.7 Å². The van der Waals surface area contributed by atoms with Gasteiger partial charge in [-0.2, -0.15) is 0 Å². The van der Waals surface area contributed by atoms with Crippen LogP contribution in [0.5, 0.6) is 0 Å². The summed E-state index contributed by atoms with van der Waals surface area (Å²) in [6.07, 6.45) is -0.858. The maximum atomic E-state index is 13.3. The van der Waals surface area contributed by atoms with Crippen LogP contribution in [0.4, 0.5) is 4.79 Å². The smallest absolute Gasteiger partial charge is 0.407 e.